The van der Waals surface area contributed by atoms with Crippen LogP contribution in [0.25, 0.3) is 10.8 Å². The lowest BCUT2D eigenvalue weighted by Gasteiger charge is -2.03. The number of halogens is 1. The molecule has 2 heteroatoms. The summed E-state index contributed by atoms with van der Waals surface area (Å²) in [6.45, 7) is 1.99. The molecule has 0 unspecified atom stereocenters. The molecule has 0 aliphatic rings. The minimum Gasteiger partial charge on any atom is -0.508 e. The van der Waals surface area contributed by atoms with Crippen molar-refractivity contribution in [3.8, 4) is 5.75 Å². The van der Waals surface area contributed by atoms with Gasteiger partial charge in [0.05, 0.1) is 0 Å². The van der Waals surface area contributed by atoms with Crippen molar-refractivity contribution in [1.82, 2.24) is 0 Å². The Balaban J connectivity index is 2.87. The van der Waals surface area contributed by atoms with Gasteiger partial charge in [-0.25, -0.2) is 0 Å². The van der Waals surface area contributed by atoms with Gasteiger partial charge in [-0.15, -0.1) is 0 Å². The van der Waals surface area contributed by atoms with E-state index in [0.717, 1.165) is 15.4 Å². The molecule has 2 aromatic carbocycles. The van der Waals surface area contributed by atoms with Crippen LogP contribution in [0.2, 0.25) is 0 Å². The average Bonchev–Trinajstić information content (AvgIpc) is 2.06. The molecule has 0 saturated carbocycles. The molecule has 1 N–H and O–H groups in total. The van der Waals surface area contributed by atoms with Crippen molar-refractivity contribution in [1.29, 1.82) is 0 Å². The van der Waals surface area contributed by atoms with Gasteiger partial charge in [-0.2, -0.15) is 0 Å². The van der Waals surface area contributed by atoms with Gasteiger partial charge in [0.2, 0.25) is 0 Å². The SMILES string of the molecule is Cc1cc(O)cc2ccc(Br)cc12. The van der Waals surface area contributed by atoms with Gasteiger partial charge in [-0.05, 0) is 47.5 Å². The van der Waals surface area contributed by atoms with Crippen molar-refractivity contribution in [2.75, 3.05) is 0 Å². The number of aryl methyl sites for hydroxylation is 1. The fourth-order valence-corrected chi connectivity index (χ4v) is 1.86. The zero-order valence-corrected chi connectivity index (χ0v) is 8.80. The second-order valence-electron chi connectivity index (χ2n) is 3.13. The summed E-state index contributed by atoms with van der Waals surface area (Å²) in [6.07, 6.45) is 0. The number of benzene rings is 2. The van der Waals surface area contributed by atoms with Gasteiger partial charge in [0, 0.05) is 4.47 Å². The van der Waals surface area contributed by atoms with Gasteiger partial charge >= 0.3 is 0 Å². The third kappa shape index (κ3) is 1.54. The van der Waals surface area contributed by atoms with Gasteiger partial charge in [0.15, 0.2) is 0 Å². The zero-order chi connectivity index (χ0) is 9.42. The van der Waals surface area contributed by atoms with E-state index in [1.807, 2.05) is 19.1 Å². The van der Waals surface area contributed by atoms with Crippen LogP contribution in [0.5, 0.6) is 5.75 Å². The van der Waals surface area contributed by atoms with Crippen molar-refractivity contribution in [2.24, 2.45) is 0 Å². The first-order valence-electron chi connectivity index (χ1n) is 4.06. The van der Waals surface area contributed by atoms with Gasteiger partial charge in [0.25, 0.3) is 0 Å². The predicted molar refractivity (Wildman–Crippen MR) is 58.0 cm³/mol. The molecule has 0 bridgehead atoms. The third-order valence-electron chi connectivity index (χ3n) is 2.11. The summed E-state index contributed by atoms with van der Waals surface area (Å²) in [5.74, 6) is 0.326. The van der Waals surface area contributed by atoms with Crippen LogP contribution in [0.4, 0.5) is 0 Å². The summed E-state index contributed by atoms with van der Waals surface area (Å²) in [7, 11) is 0. The molecule has 2 rings (SSSR count). The molecular formula is C11H9BrO. The van der Waals surface area contributed by atoms with Crippen LogP contribution < -0.4 is 0 Å². The summed E-state index contributed by atoms with van der Waals surface area (Å²) in [5.41, 5.74) is 1.09. The Bertz CT molecular complexity index is 463. The Morgan fingerprint density at radius 1 is 1.15 bits per heavy atom. The maximum atomic E-state index is 9.37. The summed E-state index contributed by atoms with van der Waals surface area (Å²) in [6, 6.07) is 9.57. The van der Waals surface area contributed by atoms with Crippen LogP contribution in [0, 0.1) is 6.92 Å². The highest BCUT2D eigenvalue weighted by Crippen LogP contribution is 2.26. The van der Waals surface area contributed by atoms with Crippen LogP contribution in [0.15, 0.2) is 34.8 Å². The topological polar surface area (TPSA) is 20.2 Å². The molecule has 0 amide bonds. The van der Waals surface area contributed by atoms with Crippen molar-refractivity contribution in [3.05, 3.63) is 40.4 Å². The average molecular weight is 237 g/mol. The molecule has 1 nitrogen and oxygen atoms in total. The molecule has 0 aliphatic heterocycles. The molecule has 66 valence electrons. The smallest absolute Gasteiger partial charge is 0.116 e. The van der Waals surface area contributed by atoms with E-state index in [2.05, 4.69) is 22.0 Å². The molecule has 2 aromatic rings. The molecule has 0 radical (unpaired) electrons. The highest BCUT2D eigenvalue weighted by Gasteiger charge is 1.99. The van der Waals surface area contributed by atoms with E-state index in [1.54, 1.807) is 12.1 Å². The molecule has 0 spiro atoms. The van der Waals surface area contributed by atoms with Crippen molar-refractivity contribution in [2.45, 2.75) is 6.92 Å². The van der Waals surface area contributed by atoms with Crippen LogP contribution in [-0.2, 0) is 0 Å². The monoisotopic (exact) mass is 236 g/mol. The van der Waals surface area contributed by atoms with Crippen molar-refractivity contribution in [3.63, 3.8) is 0 Å². The van der Waals surface area contributed by atoms with Gasteiger partial charge < -0.3 is 5.11 Å². The molecule has 0 aromatic heterocycles. The predicted octanol–water partition coefficient (Wildman–Crippen LogP) is 3.62. The first kappa shape index (κ1) is 8.57. The quantitative estimate of drug-likeness (QED) is 0.741. The molecule has 0 fully saturated rings. The Hall–Kier alpha value is -1.02. The van der Waals surface area contributed by atoms with Gasteiger partial charge in [0.1, 0.15) is 5.75 Å². The van der Waals surface area contributed by atoms with Crippen LogP contribution >= 0.6 is 15.9 Å². The number of phenols is 1. The van der Waals surface area contributed by atoms with Gasteiger partial charge in [-0.3, -0.25) is 0 Å². The second kappa shape index (κ2) is 3.04. The van der Waals surface area contributed by atoms with Gasteiger partial charge in [-0.1, -0.05) is 22.0 Å². The lowest BCUT2D eigenvalue weighted by Crippen LogP contribution is -1.78. The van der Waals surface area contributed by atoms with E-state index in [9.17, 15) is 5.11 Å². The molecule has 13 heavy (non-hydrogen) atoms. The number of hydrogen-bond acceptors (Lipinski definition) is 1. The molecular weight excluding hydrogens is 228 g/mol. The fraction of sp³-hybridized carbons (Fsp3) is 0.0909. The molecule has 0 heterocycles. The highest BCUT2D eigenvalue weighted by atomic mass is 79.9. The Morgan fingerprint density at radius 3 is 2.69 bits per heavy atom. The molecule has 0 aliphatic carbocycles. The van der Waals surface area contributed by atoms with E-state index in [1.165, 1.54) is 5.39 Å². The van der Waals surface area contributed by atoms with E-state index in [0.29, 0.717) is 5.75 Å². The summed E-state index contributed by atoms with van der Waals surface area (Å²) in [4.78, 5) is 0. The minimum absolute atomic E-state index is 0.326. The molecule has 0 saturated heterocycles. The van der Waals surface area contributed by atoms with E-state index >= 15 is 0 Å². The number of aromatic hydroxyl groups is 1. The van der Waals surface area contributed by atoms with Crippen LogP contribution in [0.3, 0.4) is 0 Å². The first-order chi connectivity index (χ1) is 6.16. The first-order valence-corrected chi connectivity index (χ1v) is 4.85. The Morgan fingerprint density at radius 2 is 1.92 bits per heavy atom. The number of rotatable bonds is 0. The van der Waals surface area contributed by atoms with E-state index in [4.69, 9.17) is 0 Å². The maximum absolute atomic E-state index is 9.37. The minimum atomic E-state index is 0.326. The van der Waals surface area contributed by atoms with Crippen molar-refractivity contribution < 1.29 is 5.11 Å². The summed E-state index contributed by atoms with van der Waals surface area (Å²) >= 11 is 3.42. The van der Waals surface area contributed by atoms with Crippen LogP contribution in [-0.4, -0.2) is 5.11 Å². The fourth-order valence-electron chi connectivity index (χ4n) is 1.50. The Kier molecular flexibility index (Phi) is 2.00. The highest BCUT2D eigenvalue weighted by molar-refractivity contribution is 9.10. The van der Waals surface area contributed by atoms with Crippen LogP contribution in [0.1, 0.15) is 5.56 Å². The number of hydrogen-bond donors (Lipinski definition) is 1. The molecule has 0 atom stereocenters. The number of phenolic OH excluding ortho intramolecular Hbond substituents is 1. The second-order valence-corrected chi connectivity index (χ2v) is 4.04. The Labute approximate surface area is 85.1 Å². The van der Waals surface area contributed by atoms with E-state index < -0.39 is 0 Å². The lowest BCUT2D eigenvalue weighted by atomic mass is 10.1. The lowest BCUT2D eigenvalue weighted by molar-refractivity contribution is 0.476. The summed E-state index contributed by atoms with van der Waals surface area (Å²) < 4.78 is 1.06. The third-order valence-corrected chi connectivity index (χ3v) is 2.60. The van der Waals surface area contributed by atoms with E-state index in [-0.39, 0.29) is 0 Å². The summed E-state index contributed by atoms with van der Waals surface area (Å²) in [5, 5.41) is 11.6. The largest absolute Gasteiger partial charge is 0.508 e. The number of fused-ring (bicyclic) bond motifs is 1. The maximum Gasteiger partial charge on any atom is 0.116 e. The van der Waals surface area contributed by atoms with Crippen molar-refractivity contribution >= 4 is 26.7 Å². The normalized spacial score (nSPS) is 10.6. The zero-order valence-electron chi connectivity index (χ0n) is 7.21. The standard InChI is InChI=1S/C11H9BrO/c1-7-4-10(13)5-8-2-3-9(12)6-11(7)8/h2-6,13H,1H3.